The Morgan fingerprint density at radius 2 is 1.87 bits per heavy atom. The Kier molecular flexibility index (Phi) is 9.21. The van der Waals surface area contributed by atoms with Crippen molar-refractivity contribution in [3.8, 4) is 0 Å². The molecule has 170 valence electrons. The lowest BCUT2D eigenvalue weighted by atomic mass is 10.0. The number of amides is 1. The molecule has 1 aromatic heterocycles. The maximum atomic E-state index is 12.0. The molecule has 11 nitrogen and oxygen atoms in total. The van der Waals surface area contributed by atoms with Crippen molar-refractivity contribution in [3.63, 3.8) is 0 Å². The van der Waals surface area contributed by atoms with Gasteiger partial charge in [0.05, 0.1) is 6.10 Å². The molecular weight excluding hydrogens is 398 g/mol. The fourth-order valence-electron chi connectivity index (χ4n) is 3.11. The van der Waals surface area contributed by atoms with Crippen molar-refractivity contribution in [2.24, 2.45) is 5.73 Å². The average molecular weight is 429 g/mol. The van der Waals surface area contributed by atoms with E-state index in [1.54, 1.807) is 6.92 Å². The molecule has 1 aromatic rings. The van der Waals surface area contributed by atoms with E-state index in [1.807, 2.05) is 0 Å². The van der Waals surface area contributed by atoms with Gasteiger partial charge in [0, 0.05) is 18.8 Å². The molecule has 30 heavy (non-hydrogen) atoms. The number of carbonyl (C=O) groups excluding carboxylic acids is 1. The summed E-state index contributed by atoms with van der Waals surface area (Å²) >= 11 is 0. The highest BCUT2D eigenvalue weighted by atomic mass is 16.7. The van der Waals surface area contributed by atoms with Crippen LogP contribution in [0.5, 0.6) is 0 Å². The van der Waals surface area contributed by atoms with Crippen LogP contribution in [0, 0.1) is 0 Å². The number of rotatable bonds is 11. The fraction of sp³-hybridized carbons (Fsp3) is 0.684. The molecule has 5 unspecified atom stereocenters. The van der Waals surface area contributed by atoms with Crippen LogP contribution in [0.25, 0.3) is 0 Å². The van der Waals surface area contributed by atoms with Gasteiger partial charge in [0.1, 0.15) is 30.0 Å². The number of carboxylic acid groups (broad SMARTS) is 1. The zero-order valence-electron chi connectivity index (χ0n) is 16.9. The SMILES string of the molecule is CC1OC(OCCCCCCNC(=O)[C@@H](N)c2ccc(C(=O)O)[nH]2)C(O)C(O)C1O. The first kappa shape index (κ1) is 24.3. The number of carbonyl (C=O) groups is 2. The Bertz CT molecular complexity index is 697. The summed E-state index contributed by atoms with van der Waals surface area (Å²) in [5.74, 6) is -1.51. The van der Waals surface area contributed by atoms with Gasteiger partial charge in [-0.25, -0.2) is 4.79 Å². The number of aliphatic hydroxyl groups is 3. The number of aromatic carboxylic acids is 1. The Balaban J connectivity index is 1.55. The molecule has 1 aliphatic heterocycles. The van der Waals surface area contributed by atoms with Crippen molar-refractivity contribution < 1.29 is 39.5 Å². The lowest BCUT2D eigenvalue weighted by molar-refractivity contribution is -0.293. The van der Waals surface area contributed by atoms with Crippen molar-refractivity contribution >= 4 is 11.9 Å². The number of carboxylic acids is 1. The summed E-state index contributed by atoms with van der Waals surface area (Å²) in [6, 6.07) is 1.86. The molecule has 2 heterocycles. The highest BCUT2D eigenvalue weighted by molar-refractivity contribution is 5.87. The van der Waals surface area contributed by atoms with E-state index in [2.05, 4.69) is 10.3 Å². The third kappa shape index (κ3) is 6.49. The average Bonchev–Trinajstić information content (AvgIpc) is 3.21. The Morgan fingerprint density at radius 3 is 2.53 bits per heavy atom. The van der Waals surface area contributed by atoms with Crippen molar-refractivity contribution in [2.75, 3.05) is 13.2 Å². The summed E-state index contributed by atoms with van der Waals surface area (Å²) in [5.41, 5.74) is 6.13. The second-order valence-corrected chi connectivity index (χ2v) is 7.37. The van der Waals surface area contributed by atoms with Gasteiger partial charge in [-0.15, -0.1) is 0 Å². The second kappa shape index (κ2) is 11.4. The minimum atomic E-state index is -1.31. The van der Waals surface area contributed by atoms with E-state index in [9.17, 15) is 24.9 Å². The van der Waals surface area contributed by atoms with Gasteiger partial charge in [-0.05, 0) is 31.9 Å². The van der Waals surface area contributed by atoms with Crippen molar-refractivity contribution in [3.05, 3.63) is 23.5 Å². The van der Waals surface area contributed by atoms with E-state index in [0.29, 0.717) is 25.3 Å². The fourth-order valence-corrected chi connectivity index (χ4v) is 3.11. The van der Waals surface area contributed by atoms with Crippen LogP contribution in [0.2, 0.25) is 0 Å². The topological polar surface area (TPSA) is 187 Å². The highest BCUT2D eigenvalue weighted by Crippen LogP contribution is 2.22. The Hall–Kier alpha value is -2.02. The van der Waals surface area contributed by atoms with E-state index >= 15 is 0 Å². The number of H-pyrrole nitrogens is 1. The van der Waals surface area contributed by atoms with Crippen LogP contribution < -0.4 is 11.1 Å². The molecule has 8 N–H and O–H groups in total. The first-order chi connectivity index (χ1) is 14.2. The smallest absolute Gasteiger partial charge is 0.352 e. The quantitative estimate of drug-likeness (QED) is 0.222. The van der Waals surface area contributed by atoms with E-state index in [1.165, 1.54) is 12.1 Å². The number of hydrogen-bond acceptors (Lipinski definition) is 8. The number of unbranched alkanes of at least 4 members (excludes halogenated alkanes) is 3. The standard InChI is InChI=1S/C19H31N3O8/c1-10-14(23)15(24)16(25)19(30-10)29-9-5-3-2-4-8-21-17(26)13(20)11-6-7-12(22-11)18(27)28/h6-7,10,13-16,19,22-25H,2-5,8-9,20H2,1H3,(H,21,26)(H,27,28)/t10?,13-,14?,15?,16?,19?/m0/s1. The van der Waals surface area contributed by atoms with Crippen LogP contribution in [-0.4, -0.2) is 81.1 Å². The number of aromatic nitrogens is 1. The van der Waals surface area contributed by atoms with Gasteiger partial charge >= 0.3 is 5.97 Å². The number of nitrogens with one attached hydrogen (secondary N) is 2. The number of ether oxygens (including phenoxy) is 2. The molecule has 0 saturated carbocycles. The molecule has 1 aliphatic rings. The third-order valence-electron chi connectivity index (χ3n) is 5.02. The minimum absolute atomic E-state index is 0.0261. The molecule has 1 amide bonds. The van der Waals surface area contributed by atoms with Crippen LogP contribution in [0.3, 0.4) is 0 Å². The maximum absolute atomic E-state index is 12.0. The predicted molar refractivity (Wildman–Crippen MR) is 104 cm³/mol. The molecule has 0 aromatic carbocycles. The minimum Gasteiger partial charge on any atom is -0.477 e. The second-order valence-electron chi connectivity index (χ2n) is 7.37. The third-order valence-corrected chi connectivity index (χ3v) is 5.02. The van der Waals surface area contributed by atoms with Gasteiger partial charge in [0.15, 0.2) is 6.29 Å². The molecule has 6 atom stereocenters. The normalized spacial score (nSPS) is 27.6. The van der Waals surface area contributed by atoms with E-state index < -0.39 is 48.6 Å². The van der Waals surface area contributed by atoms with Crippen LogP contribution in [-0.2, 0) is 14.3 Å². The van der Waals surface area contributed by atoms with Gasteiger partial charge in [-0.1, -0.05) is 12.8 Å². The Morgan fingerprint density at radius 1 is 1.17 bits per heavy atom. The zero-order chi connectivity index (χ0) is 22.3. The van der Waals surface area contributed by atoms with Crippen molar-refractivity contribution in [2.45, 2.75) is 69.4 Å². The van der Waals surface area contributed by atoms with E-state index in [4.69, 9.17) is 20.3 Å². The lowest BCUT2D eigenvalue weighted by Crippen LogP contribution is -2.57. The molecule has 0 radical (unpaired) electrons. The number of hydrogen-bond donors (Lipinski definition) is 7. The van der Waals surface area contributed by atoms with E-state index in [-0.39, 0.29) is 5.69 Å². The summed E-state index contributed by atoms with van der Waals surface area (Å²) in [4.78, 5) is 25.5. The zero-order valence-corrected chi connectivity index (χ0v) is 16.9. The predicted octanol–water partition coefficient (Wildman–Crippen LogP) is -0.767. The molecule has 11 heteroatoms. The first-order valence-corrected chi connectivity index (χ1v) is 9.99. The lowest BCUT2D eigenvalue weighted by Gasteiger charge is -2.38. The molecule has 1 saturated heterocycles. The molecule has 0 aliphatic carbocycles. The monoisotopic (exact) mass is 429 g/mol. The summed E-state index contributed by atoms with van der Waals surface area (Å²) < 4.78 is 10.8. The van der Waals surface area contributed by atoms with Crippen molar-refractivity contribution in [1.82, 2.24) is 10.3 Å². The highest BCUT2D eigenvalue weighted by Gasteiger charge is 2.42. The van der Waals surface area contributed by atoms with Crippen molar-refractivity contribution in [1.29, 1.82) is 0 Å². The summed E-state index contributed by atoms with van der Waals surface area (Å²) in [6.07, 6.45) is -2.29. The maximum Gasteiger partial charge on any atom is 0.352 e. The molecule has 0 spiro atoms. The van der Waals surface area contributed by atoms with Crippen LogP contribution in [0.4, 0.5) is 0 Å². The largest absolute Gasteiger partial charge is 0.477 e. The summed E-state index contributed by atoms with van der Waals surface area (Å²) in [6.45, 7) is 2.36. The van der Waals surface area contributed by atoms with Crippen LogP contribution in [0.15, 0.2) is 12.1 Å². The van der Waals surface area contributed by atoms with Gasteiger partial charge < -0.3 is 45.9 Å². The Labute approximate surface area is 174 Å². The van der Waals surface area contributed by atoms with Crippen LogP contribution >= 0.6 is 0 Å². The molecule has 2 rings (SSSR count). The summed E-state index contributed by atoms with van der Waals surface area (Å²) in [7, 11) is 0. The van der Waals surface area contributed by atoms with Gasteiger partial charge in [-0.3, -0.25) is 4.79 Å². The van der Waals surface area contributed by atoms with Gasteiger partial charge in [-0.2, -0.15) is 0 Å². The van der Waals surface area contributed by atoms with Crippen LogP contribution in [0.1, 0.15) is 54.8 Å². The molecule has 1 fully saturated rings. The summed E-state index contributed by atoms with van der Waals surface area (Å²) in [5, 5.41) is 40.8. The number of nitrogens with two attached hydrogens (primary N) is 1. The van der Waals surface area contributed by atoms with Gasteiger partial charge in [0.2, 0.25) is 5.91 Å². The van der Waals surface area contributed by atoms with Gasteiger partial charge in [0.25, 0.3) is 0 Å². The first-order valence-electron chi connectivity index (χ1n) is 9.99. The molecular formula is C19H31N3O8. The van der Waals surface area contributed by atoms with E-state index in [0.717, 1.165) is 19.3 Å². The number of aliphatic hydroxyl groups excluding tert-OH is 3. The molecule has 0 bridgehead atoms. The number of aromatic amines is 1.